The summed E-state index contributed by atoms with van der Waals surface area (Å²) in [6.45, 7) is 0.359. The zero-order valence-corrected chi connectivity index (χ0v) is 11.1. The third-order valence-electron chi connectivity index (χ3n) is 3.04. The molecular formula is C12H11N7O2. The van der Waals surface area contributed by atoms with Crippen LogP contribution in [0.1, 0.15) is 5.56 Å². The zero-order valence-electron chi connectivity index (χ0n) is 11.1. The van der Waals surface area contributed by atoms with Crippen molar-refractivity contribution in [3.05, 3.63) is 52.1 Å². The number of nitro groups is 1. The van der Waals surface area contributed by atoms with Gasteiger partial charge in [-0.15, -0.1) is 14.8 Å². The molecule has 0 atom stereocenters. The van der Waals surface area contributed by atoms with E-state index in [0.717, 1.165) is 0 Å². The molecule has 3 aromatic rings. The van der Waals surface area contributed by atoms with Crippen LogP contribution in [0, 0.1) is 10.1 Å². The molecule has 0 radical (unpaired) electrons. The van der Waals surface area contributed by atoms with Crippen molar-refractivity contribution >= 4 is 17.2 Å². The van der Waals surface area contributed by atoms with E-state index < -0.39 is 0 Å². The highest BCUT2D eigenvalue weighted by atomic mass is 16.6. The summed E-state index contributed by atoms with van der Waals surface area (Å²) in [5.74, 6) is 0.618. The van der Waals surface area contributed by atoms with Gasteiger partial charge in [0.05, 0.1) is 11.5 Å². The van der Waals surface area contributed by atoms with E-state index in [1.165, 1.54) is 10.7 Å². The first kappa shape index (κ1) is 12.9. The number of hydrogen-bond donors (Lipinski definition) is 0. The minimum Gasteiger partial charge on any atom is -0.354 e. The van der Waals surface area contributed by atoms with Gasteiger partial charge in [-0.2, -0.15) is 0 Å². The largest absolute Gasteiger partial charge is 0.354 e. The number of nitrogens with zero attached hydrogens (tertiary/aromatic N) is 7. The Labute approximate surface area is 119 Å². The Morgan fingerprint density at radius 3 is 2.90 bits per heavy atom. The first-order valence-electron chi connectivity index (χ1n) is 6.14. The van der Waals surface area contributed by atoms with Gasteiger partial charge in [0.2, 0.25) is 0 Å². The second kappa shape index (κ2) is 5.12. The van der Waals surface area contributed by atoms with Crippen molar-refractivity contribution in [2.24, 2.45) is 0 Å². The molecule has 2 aromatic heterocycles. The summed E-state index contributed by atoms with van der Waals surface area (Å²) in [6.07, 6.45) is 0. The molecule has 0 bridgehead atoms. The number of anilines is 1. The molecule has 0 fully saturated rings. The van der Waals surface area contributed by atoms with E-state index in [4.69, 9.17) is 0 Å². The predicted octanol–water partition coefficient (Wildman–Crippen LogP) is 1.06. The Morgan fingerprint density at radius 2 is 2.10 bits per heavy atom. The van der Waals surface area contributed by atoms with E-state index in [1.54, 1.807) is 42.3 Å². The zero-order chi connectivity index (χ0) is 14.8. The highest BCUT2D eigenvalue weighted by molar-refractivity contribution is 5.47. The van der Waals surface area contributed by atoms with Crippen molar-refractivity contribution in [1.29, 1.82) is 0 Å². The molecule has 0 aliphatic heterocycles. The third-order valence-corrected chi connectivity index (χ3v) is 3.04. The molecule has 1 aromatic carbocycles. The molecule has 0 aliphatic rings. The number of aromatic nitrogens is 5. The summed E-state index contributed by atoms with van der Waals surface area (Å²) in [7, 11) is 1.80. The van der Waals surface area contributed by atoms with E-state index in [-0.39, 0.29) is 10.6 Å². The van der Waals surface area contributed by atoms with Gasteiger partial charge in [0.1, 0.15) is 0 Å². The van der Waals surface area contributed by atoms with Crippen LogP contribution in [0.15, 0.2) is 36.4 Å². The van der Waals surface area contributed by atoms with Crippen LogP contribution in [-0.2, 0) is 6.54 Å². The second-order valence-corrected chi connectivity index (χ2v) is 4.46. The first-order valence-corrected chi connectivity index (χ1v) is 6.14. The molecule has 0 unspecified atom stereocenters. The molecule has 0 spiro atoms. The fourth-order valence-electron chi connectivity index (χ4n) is 2.00. The number of hydrogen-bond acceptors (Lipinski definition) is 7. The molecule has 9 nitrogen and oxygen atoms in total. The smallest absolute Gasteiger partial charge is 0.274 e. The summed E-state index contributed by atoms with van der Waals surface area (Å²) in [6, 6.07) is 10.1. The molecule has 0 N–H and O–H groups in total. The van der Waals surface area contributed by atoms with Crippen molar-refractivity contribution in [3.63, 3.8) is 0 Å². The summed E-state index contributed by atoms with van der Waals surface area (Å²) >= 11 is 0. The van der Waals surface area contributed by atoms with Crippen LogP contribution < -0.4 is 4.90 Å². The first-order chi connectivity index (χ1) is 10.1. The van der Waals surface area contributed by atoms with Gasteiger partial charge in [0.15, 0.2) is 11.5 Å². The lowest BCUT2D eigenvalue weighted by Gasteiger charge is -2.17. The summed E-state index contributed by atoms with van der Waals surface area (Å²) < 4.78 is 1.31. The quantitative estimate of drug-likeness (QED) is 0.521. The molecule has 9 heteroatoms. The van der Waals surface area contributed by atoms with Crippen LogP contribution in [0.4, 0.5) is 11.5 Å². The van der Waals surface area contributed by atoms with Gasteiger partial charge in [-0.3, -0.25) is 10.1 Å². The van der Waals surface area contributed by atoms with Gasteiger partial charge in [-0.1, -0.05) is 18.2 Å². The topological polar surface area (TPSA) is 102 Å². The van der Waals surface area contributed by atoms with Crippen molar-refractivity contribution in [3.8, 4) is 0 Å². The van der Waals surface area contributed by atoms with Gasteiger partial charge in [-0.25, -0.2) is 0 Å². The van der Waals surface area contributed by atoms with Crippen LogP contribution in [-0.4, -0.2) is 37.2 Å². The van der Waals surface area contributed by atoms with E-state index in [2.05, 4.69) is 20.6 Å². The molecule has 106 valence electrons. The maximum Gasteiger partial charge on any atom is 0.274 e. The number of benzene rings is 1. The van der Waals surface area contributed by atoms with Crippen LogP contribution in [0.25, 0.3) is 5.65 Å². The molecule has 0 amide bonds. The minimum atomic E-state index is -0.388. The van der Waals surface area contributed by atoms with Crippen molar-refractivity contribution < 1.29 is 4.92 Å². The standard InChI is InChI=1S/C12H11N7O2/c1-17(8-9-4-2-3-5-10(9)19(20)21)12-7-6-11-13-15-16-18(11)14-12/h2-7H,8H2,1H3. The van der Waals surface area contributed by atoms with Gasteiger partial charge in [0.25, 0.3) is 5.69 Å². The normalized spacial score (nSPS) is 10.7. The summed E-state index contributed by atoms with van der Waals surface area (Å²) in [4.78, 5) is 12.4. The fraction of sp³-hybridized carbons (Fsp3) is 0.167. The SMILES string of the molecule is CN(Cc1ccccc1[N+](=O)[O-])c1ccc2nnnn2n1. The van der Waals surface area contributed by atoms with Crippen LogP contribution >= 0.6 is 0 Å². The average Bonchev–Trinajstić information content (AvgIpc) is 2.94. The maximum absolute atomic E-state index is 11.0. The third kappa shape index (κ3) is 2.48. The van der Waals surface area contributed by atoms with E-state index >= 15 is 0 Å². The Bertz CT molecular complexity index is 801. The van der Waals surface area contributed by atoms with E-state index in [9.17, 15) is 10.1 Å². The van der Waals surface area contributed by atoms with Gasteiger partial charge >= 0.3 is 0 Å². The Morgan fingerprint density at radius 1 is 1.29 bits per heavy atom. The number of para-hydroxylation sites is 1. The van der Waals surface area contributed by atoms with Crippen molar-refractivity contribution in [2.75, 3.05) is 11.9 Å². The predicted molar refractivity (Wildman–Crippen MR) is 73.8 cm³/mol. The lowest BCUT2D eigenvalue weighted by atomic mass is 10.1. The minimum absolute atomic E-state index is 0.0906. The summed E-state index contributed by atoms with van der Waals surface area (Å²) in [5, 5.41) is 26.3. The fourth-order valence-corrected chi connectivity index (χ4v) is 2.00. The highest BCUT2D eigenvalue weighted by Crippen LogP contribution is 2.21. The molecule has 21 heavy (non-hydrogen) atoms. The molecule has 2 heterocycles. The van der Waals surface area contributed by atoms with Crippen LogP contribution in [0.3, 0.4) is 0 Å². The molecule has 3 rings (SSSR count). The Kier molecular flexibility index (Phi) is 3.14. The molecule has 0 saturated heterocycles. The highest BCUT2D eigenvalue weighted by Gasteiger charge is 2.15. The van der Waals surface area contributed by atoms with Crippen LogP contribution in [0.2, 0.25) is 0 Å². The monoisotopic (exact) mass is 285 g/mol. The number of nitro benzene ring substituents is 1. The number of fused-ring (bicyclic) bond motifs is 1. The number of rotatable bonds is 4. The Hall–Kier alpha value is -3.10. The molecule has 0 aliphatic carbocycles. The van der Waals surface area contributed by atoms with Gasteiger partial charge in [-0.05, 0) is 22.6 Å². The molecular weight excluding hydrogens is 274 g/mol. The lowest BCUT2D eigenvalue weighted by molar-refractivity contribution is -0.385. The maximum atomic E-state index is 11.0. The second-order valence-electron chi connectivity index (χ2n) is 4.46. The van der Waals surface area contributed by atoms with Crippen LogP contribution in [0.5, 0.6) is 0 Å². The molecule has 0 saturated carbocycles. The van der Waals surface area contributed by atoms with Gasteiger partial charge in [0, 0.05) is 18.7 Å². The average molecular weight is 285 g/mol. The Balaban J connectivity index is 1.89. The van der Waals surface area contributed by atoms with E-state index in [0.29, 0.717) is 23.6 Å². The van der Waals surface area contributed by atoms with Gasteiger partial charge < -0.3 is 4.90 Å². The lowest BCUT2D eigenvalue weighted by Crippen LogP contribution is -2.19. The summed E-state index contributed by atoms with van der Waals surface area (Å²) in [5.41, 5.74) is 1.24. The number of tetrazole rings is 1. The van der Waals surface area contributed by atoms with E-state index in [1.807, 2.05) is 0 Å². The van der Waals surface area contributed by atoms with Crippen molar-refractivity contribution in [1.82, 2.24) is 25.3 Å². The van der Waals surface area contributed by atoms with Crippen molar-refractivity contribution in [2.45, 2.75) is 6.54 Å².